The van der Waals surface area contributed by atoms with E-state index in [2.05, 4.69) is 41.6 Å². The summed E-state index contributed by atoms with van der Waals surface area (Å²) >= 11 is 0. The maximum Gasteiger partial charge on any atom is 0.412 e. The molecule has 38 heavy (non-hydrogen) atoms. The second-order valence-electron chi connectivity index (χ2n) is 8.69. The Balaban J connectivity index is 1.60. The Hall–Kier alpha value is -5.24. The number of halogens is 1. The molecule has 0 aliphatic rings. The molecule has 190 valence electrons. The van der Waals surface area contributed by atoms with Crippen molar-refractivity contribution in [1.29, 1.82) is 5.26 Å². The van der Waals surface area contributed by atoms with Crippen molar-refractivity contribution in [2.75, 3.05) is 17.7 Å². The number of hydrogen-bond donors (Lipinski definition) is 2. The highest BCUT2D eigenvalue weighted by Crippen LogP contribution is 2.29. The molecule has 0 spiro atoms. The second-order valence-corrected chi connectivity index (χ2v) is 8.69. The molecule has 1 aromatic carbocycles. The van der Waals surface area contributed by atoms with Gasteiger partial charge in [-0.1, -0.05) is 0 Å². The van der Waals surface area contributed by atoms with Gasteiger partial charge in [0.1, 0.15) is 11.6 Å². The molecule has 0 radical (unpaired) electrons. The van der Waals surface area contributed by atoms with Gasteiger partial charge in [-0.3, -0.25) is 15.1 Å². The van der Waals surface area contributed by atoms with E-state index < -0.39 is 23.2 Å². The molecule has 0 unspecified atom stereocenters. The molecule has 0 aliphatic heterocycles. The first-order valence-electron chi connectivity index (χ1n) is 11.3. The van der Waals surface area contributed by atoms with Crippen LogP contribution in [-0.2, 0) is 10.2 Å². The normalized spacial score (nSPS) is 10.8. The number of carbonyl (C=O) groups excluding carboxylic acids is 2. The van der Waals surface area contributed by atoms with Crippen LogP contribution in [-0.4, -0.2) is 39.3 Å². The maximum atomic E-state index is 14.8. The first kappa shape index (κ1) is 25.8. The number of carbonyl (C=O) groups is 2. The van der Waals surface area contributed by atoms with Crippen LogP contribution in [0.1, 0.15) is 29.9 Å². The van der Waals surface area contributed by atoms with Gasteiger partial charge in [0.15, 0.2) is 0 Å². The second kappa shape index (κ2) is 10.8. The Labute approximate surface area is 217 Å². The molecule has 3 aromatic heterocycles. The summed E-state index contributed by atoms with van der Waals surface area (Å²) in [5, 5.41) is 22.6. The summed E-state index contributed by atoms with van der Waals surface area (Å²) in [7, 11) is 1.24. The highest BCUT2D eigenvalue weighted by Gasteiger charge is 2.23. The highest BCUT2D eigenvalue weighted by molar-refractivity contribution is 6.04. The lowest BCUT2D eigenvalue weighted by atomic mass is 9.90. The van der Waals surface area contributed by atoms with Crippen LogP contribution in [0.3, 0.4) is 0 Å². The quantitative estimate of drug-likeness (QED) is 0.369. The van der Waals surface area contributed by atoms with Crippen molar-refractivity contribution in [2.45, 2.75) is 19.3 Å². The lowest BCUT2D eigenvalue weighted by molar-refractivity contribution is 0.102. The van der Waals surface area contributed by atoms with Crippen LogP contribution in [0.5, 0.6) is 0 Å². The van der Waals surface area contributed by atoms with Crippen LogP contribution < -0.4 is 10.6 Å². The number of benzene rings is 1. The fraction of sp³-hybridized carbons (Fsp3) is 0.148. The minimum absolute atomic E-state index is 0.125. The monoisotopic (exact) mass is 511 g/mol. The first-order chi connectivity index (χ1) is 18.2. The summed E-state index contributed by atoms with van der Waals surface area (Å²) in [4.78, 5) is 32.7. The third kappa shape index (κ3) is 5.76. The van der Waals surface area contributed by atoms with Crippen molar-refractivity contribution in [1.82, 2.24) is 20.2 Å². The van der Waals surface area contributed by atoms with Crippen molar-refractivity contribution >= 4 is 23.5 Å². The molecule has 0 atom stereocenters. The smallest absolute Gasteiger partial charge is 0.412 e. The number of hydrogen-bond acceptors (Lipinski definition) is 8. The van der Waals surface area contributed by atoms with Gasteiger partial charge in [-0.25, -0.2) is 14.2 Å². The first-order valence-corrected chi connectivity index (χ1v) is 11.3. The van der Waals surface area contributed by atoms with E-state index in [0.29, 0.717) is 28.1 Å². The standard InChI is InChI=1S/C27H22FN7O3/c1-27(2,15-29)23-11-17(7-8-30-23)25(36)33-19-4-5-21(28)20(13-19)22-10-18(14-32-35-22)16-6-9-31-24(12-16)34-26(37)38-3/h4-14H,1-3H3,(H,33,36)(H,31,34,37). The SMILES string of the molecule is COC(=O)Nc1cc(-c2cnnc(-c3cc(NC(=O)c4ccnc(C(C)(C)C#N)c4)ccc3F)c2)ccn1. The molecule has 3 heterocycles. The minimum atomic E-state index is -0.867. The molecule has 4 aromatic rings. The van der Waals surface area contributed by atoms with Gasteiger partial charge in [-0.15, -0.1) is 0 Å². The number of pyridine rings is 2. The number of anilines is 2. The molecule has 0 fully saturated rings. The molecule has 0 saturated carbocycles. The fourth-order valence-electron chi connectivity index (χ4n) is 3.46. The molecular formula is C27H22FN7O3. The van der Waals surface area contributed by atoms with Gasteiger partial charge >= 0.3 is 6.09 Å². The average Bonchev–Trinajstić information content (AvgIpc) is 2.94. The molecule has 0 saturated heterocycles. The van der Waals surface area contributed by atoms with E-state index in [9.17, 15) is 19.2 Å². The number of nitriles is 1. The summed E-state index contributed by atoms with van der Waals surface area (Å²) in [6.45, 7) is 3.42. The third-order valence-electron chi connectivity index (χ3n) is 5.61. The summed E-state index contributed by atoms with van der Waals surface area (Å²) in [5.41, 5.74) is 1.85. The van der Waals surface area contributed by atoms with E-state index in [1.165, 1.54) is 50.0 Å². The molecule has 2 N–H and O–H groups in total. The van der Waals surface area contributed by atoms with Gasteiger partial charge in [-0.05, 0) is 67.9 Å². The Morgan fingerprint density at radius 3 is 2.55 bits per heavy atom. The molecule has 4 rings (SSSR count). The van der Waals surface area contributed by atoms with Crippen molar-refractivity contribution < 1.29 is 18.7 Å². The van der Waals surface area contributed by atoms with Gasteiger partial charge in [0.05, 0.1) is 36.2 Å². The van der Waals surface area contributed by atoms with E-state index in [0.717, 1.165) is 0 Å². The number of amides is 2. The van der Waals surface area contributed by atoms with Gasteiger partial charge < -0.3 is 10.1 Å². The average molecular weight is 512 g/mol. The van der Waals surface area contributed by atoms with Crippen LogP contribution in [0.4, 0.5) is 20.7 Å². The van der Waals surface area contributed by atoms with Crippen LogP contribution in [0.2, 0.25) is 0 Å². The zero-order chi connectivity index (χ0) is 27.3. The zero-order valence-corrected chi connectivity index (χ0v) is 20.7. The van der Waals surface area contributed by atoms with Gasteiger partial charge in [0.25, 0.3) is 5.91 Å². The topological polar surface area (TPSA) is 143 Å². The van der Waals surface area contributed by atoms with Crippen molar-refractivity contribution in [3.63, 3.8) is 0 Å². The summed E-state index contributed by atoms with van der Waals surface area (Å²) < 4.78 is 19.4. The minimum Gasteiger partial charge on any atom is -0.453 e. The number of methoxy groups -OCH3 is 1. The molecule has 2 amide bonds. The zero-order valence-electron chi connectivity index (χ0n) is 20.7. The van der Waals surface area contributed by atoms with E-state index in [4.69, 9.17) is 0 Å². The van der Waals surface area contributed by atoms with Crippen LogP contribution >= 0.6 is 0 Å². The van der Waals surface area contributed by atoms with E-state index >= 15 is 0 Å². The third-order valence-corrected chi connectivity index (χ3v) is 5.61. The lowest BCUT2D eigenvalue weighted by Crippen LogP contribution is -2.18. The van der Waals surface area contributed by atoms with Crippen LogP contribution in [0.15, 0.2) is 67.1 Å². The predicted molar refractivity (Wildman–Crippen MR) is 138 cm³/mol. The Kier molecular flexibility index (Phi) is 7.34. The molecule has 10 nitrogen and oxygen atoms in total. The van der Waals surface area contributed by atoms with Gasteiger partial charge in [0.2, 0.25) is 0 Å². The van der Waals surface area contributed by atoms with Crippen molar-refractivity contribution in [3.05, 3.63) is 84.2 Å². The fourth-order valence-corrected chi connectivity index (χ4v) is 3.46. The Bertz CT molecular complexity index is 1570. The molecule has 0 aliphatic carbocycles. The van der Waals surface area contributed by atoms with E-state index in [-0.39, 0.29) is 17.1 Å². The summed E-state index contributed by atoms with van der Waals surface area (Å²) in [6, 6.07) is 14.3. The van der Waals surface area contributed by atoms with Gasteiger partial charge in [-0.2, -0.15) is 15.5 Å². The molecular weight excluding hydrogens is 489 g/mol. The van der Waals surface area contributed by atoms with Crippen molar-refractivity contribution in [3.8, 4) is 28.5 Å². The number of ether oxygens (including phenoxy) is 1. The van der Waals surface area contributed by atoms with Crippen LogP contribution in [0, 0.1) is 17.1 Å². The number of aromatic nitrogens is 4. The van der Waals surface area contributed by atoms with Crippen molar-refractivity contribution in [2.24, 2.45) is 0 Å². The Morgan fingerprint density at radius 2 is 1.79 bits per heavy atom. The number of nitrogens with one attached hydrogen (secondary N) is 2. The predicted octanol–water partition coefficient (Wildman–Crippen LogP) is 4.97. The highest BCUT2D eigenvalue weighted by atomic mass is 19.1. The largest absolute Gasteiger partial charge is 0.453 e. The van der Waals surface area contributed by atoms with E-state index in [1.807, 2.05) is 0 Å². The summed E-state index contributed by atoms with van der Waals surface area (Å²) in [5.74, 6) is -0.734. The number of nitrogens with zero attached hydrogens (tertiary/aromatic N) is 5. The maximum absolute atomic E-state index is 14.8. The molecule has 11 heteroatoms. The summed E-state index contributed by atoms with van der Waals surface area (Å²) in [6.07, 6.45) is 3.79. The van der Waals surface area contributed by atoms with Gasteiger partial charge in [0, 0.05) is 34.8 Å². The lowest BCUT2D eigenvalue weighted by Gasteiger charge is -2.15. The number of rotatable bonds is 6. The molecule has 0 bridgehead atoms. The van der Waals surface area contributed by atoms with E-state index in [1.54, 1.807) is 38.1 Å². The Morgan fingerprint density at radius 1 is 1.00 bits per heavy atom. The van der Waals surface area contributed by atoms with Crippen LogP contribution in [0.25, 0.3) is 22.4 Å².